The first-order chi connectivity index (χ1) is 8.72. The maximum absolute atomic E-state index is 11.4. The second-order valence-corrected chi connectivity index (χ2v) is 4.60. The molecule has 1 aliphatic carbocycles. The second-order valence-electron chi connectivity index (χ2n) is 4.60. The molecule has 100 valence electrons. The Morgan fingerprint density at radius 2 is 2.17 bits per heavy atom. The van der Waals surface area contributed by atoms with Crippen LogP contribution >= 0.6 is 0 Å². The third kappa shape index (κ3) is 6.38. The molecule has 0 aromatic carbocycles. The molecule has 0 bridgehead atoms. The SMILES string of the molecule is CCCCCC/C=C/C(=O)OC1=CC(=O)CCC1. The maximum atomic E-state index is 11.4. The largest absolute Gasteiger partial charge is 0.428 e. The summed E-state index contributed by atoms with van der Waals surface area (Å²) in [7, 11) is 0. The van der Waals surface area contributed by atoms with Crippen LogP contribution in [0.3, 0.4) is 0 Å². The lowest BCUT2D eigenvalue weighted by Gasteiger charge is -2.10. The van der Waals surface area contributed by atoms with Crippen LogP contribution < -0.4 is 0 Å². The van der Waals surface area contributed by atoms with E-state index in [1.54, 1.807) is 0 Å². The molecule has 0 atom stereocenters. The molecular formula is C15H22O3. The number of carbonyl (C=O) groups excluding carboxylic acids is 2. The van der Waals surface area contributed by atoms with Gasteiger partial charge in [0, 0.05) is 25.0 Å². The quantitative estimate of drug-likeness (QED) is 0.393. The first-order valence-electron chi connectivity index (χ1n) is 6.84. The molecule has 1 aliphatic rings. The molecule has 3 nitrogen and oxygen atoms in total. The van der Waals surface area contributed by atoms with Crippen LogP contribution in [-0.4, -0.2) is 11.8 Å². The minimum absolute atomic E-state index is 0.0487. The van der Waals surface area contributed by atoms with Gasteiger partial charge in [-0.1, -0.05) is 32.3 Å². The van der Waals surface area contributed by atoms with Crippen LogP contribution in [0.4, 0.5) is 0 Å². The Kier molecular flexibility index (Phi) is 7.07. The first kappa shape index (κ1) is 14.7. The van der Waals surface area contributed by atoms with E-state index in [4.69, 9.17) is 4.74 Å². The van der Waals surface area contributed by atoms with Crippen LogP contribution in [-0.2, 0) is 14.3 Å². The zero-order valence-corrected chi connectivity index (χ0v) is 11.1. The fourth-order valence-electron chi connectivity index (χ4n) is 1.87. The Morgan fingerprint density at radius 3 is 2.89 bits per heavy atom. The summed E-state index contributed by atoms with van der Waals surface area (Å²) in [6.45, 7) is 2.17. The van der Waals surface area contributed by atoms with Gasteiger partial charge in [0.1, 0.15) is 5.76 Å². The fourth-order valence-corrected chi connectivity index (χ4v) is 1.87. The minimum Gasteiger partial charge on any atom is -0.428 e. The van der Waals surface area contributed by atoms with Gasteiger partial charge in [-0.2, -0.15) is 0 Å². The molecule has 3 heteroatoms. The van der Waals surface area contributed by atoms with Gasteiger partial charge >= 0.3 is 5.97 Å². The molecule has 0 aromatic rings. The van der Waals surface area contributed by atoms with E-state index in [0.29, 0.717) is 18.6 Å². The second kappa shape index (κ2) is 8.67. The number of ketones is 1. The molecule has 0 spiro atoms. The first-order valence-corrected chi connectivity index (χ1v) is 6.84. The van der Waals surface area contributed by atoms with Gasteiger partial charge in [-0.3, -0.25) is 4.79 Å². The van der Waals surface area contributed by atoms with Crippen molar-refractivity contribution in [3.05, 3.63) is 24.0 Å². The van der Waals surface area contributed by atoms with Gasteiger partial charge in [0.15, 0.2) is 5.78 Å². The van der Waals surface area contributed by atoms with Crippen molar-refractivity contribution in [2.24, 2.45) is 0 Å². The highest BCUT2D eigenvalue weighted by Gasteiger charge is 2.12. The highest BCUT2D eigenvalue weighted by Crippen LogP contribution is 2.16. The number of carbonyl (C=O) groups is 2. The summed E-state index contributed by atoms with van der Waals surface area (Å²) in [6, 6.07) is 0. The van der Waals surface area contributed by atoms with Gasteiger partial charge in [0.05, 0.1) is 0 Å². The summed E-state index contributed by atoms with van der Waals surface area (Å²) in [5.41, 5.74) is 0. The number of rotatable bonds is 7. The Morgan fingerprint density at radius 1 is 1.33 bits per heavy atom. The Hall–Kier alpha value is -1.38. The summed E-state index contributed by atoms with van der Waals surface area (Å²) in [5, 5.41) is 0. The van der Waals surface area contributed by atoms with Crippen LogP contribution in [0.5, 0.6) is 0 Å². The molecule has 0 radical (unpaired) electrons. The van der Waals surface area contributed by atoms with Crippen molar-refractivity contribution in [1.29, 1.82) is 0 Å². The molecular weight excluding hydrogens is 228 g/mol. The molecule has 0 saturated heterocycles. The van der Waals surface area contributed by atoms with Gasteiger partial charge < -0.3 is 4.74 Å². The van der Waals surface area contributed by atoms with Crippen LogP contribution in [0.2, 0.25) is 0 Å². The lowest BCUT2D eigenvalue weighted by atomic mass is 10.1. The Bertz CT molecular complexity index is 340. The average molecular weight is 250 g/mol. The molecule has 0 N–H and O–H groups in total. The van der Waals surface area contributed by atoms with Gasteiger partial charge in [-0.05, 0) is 19.3 Å². The number of hydrogen-bond acceptors (Lipinski definition) is 3. The molecule has 0 saturated carbocycles. The standard InChI is InChI=1S/C15H22O3/c1-2-3-4-5-6-7-11-15(17)18-14-10-8-9-13(16)12-14/h7,11-12H,2-6,8-10H2,1H3/b11-7+. The molecule has 0 fully saturated rings. The minimum atomic E-state index is -0.369. The van der Waals surface area contributed by atoms with Crippen molar-refractivity contribution >= 4 is 11.8 Å². The van der Waals surface area contributed by atoms with E-state index < -0.39 is 0 Å². The van der Waals surface area contributed by atoms with E-state index in [2.05, 4.69) is 6.92 Å². The van der Waals surface area contributed by atoms with E-state index in [0.717, 1.165) is 19.3 Å². The number of unbranched alkanes of at least 4 members (excludes halogenated alkanes) is 4. The number of ether oxygens (including phenoxy) is 1. The van der Waals surface area contributed by atoms with Crippen molar-refractivity contribution in [3.8, 4) is 0 Å². The fraction of sp³-hybridized carbons (Fsp3) is 0.600. The normalized spacial score (nSPS) is 15.8. The molecule has 0 unspecified atom stereocenters. The third-order valence-corrected chi connectivity index (χ3v) is 2.88. The predicted octanol–water partition coefficient (Wildman–Crippen LogP) is 3.69. The predicted molar refractivity (Wildman–Crippen MR) is 70.9 cm³/mol. The molecule has 18 heavy (non-hydrogen) atoms. The highest BCUT2D eigenvalue weighted by atomic mass is 16.5. The monoisotopic (exact) mass is 250 g/mol. The van der Waals surface area contributed by atoms with Gasteiger partial charge in [0.2, 0.25) is 0 Å². The van der Waals surface area contributed by atoms with Crippen molar-refractivity contribution < 1.29 is 14.3 Å². The smallest absolute Gasteiger partial charge is 0.335 e. The van der Waals surface area contributed by atoms with Crippen molar-refractivity contribution in [2.75, 3.05) is 0 Å². The van der Waals surface area contributed by atoms with Gasteiger partial charge in [-0.15, -0.1) is 0 Å². The summed E-state index contributed by atoms with van der Waals surface area (Å²) < 4.78 is 5.10. The van der Waals surface area contributed by atoms with Crippen LogP contribution in [0.1, 0.15) is 58.3 Å². The summed E-state index contributed by atoms with van der Waals surface area (Å²) in [5.74, 6) is 0.186. The number of hydrogen-bond donors (Lipinski definition) is 0. The van der Waals surface area contributed by atoms with E-state index in [1.165, 1.54) is 31.4 Å². The van der Waals surface area contributed by atoms with Crippen molar-refractivity contribution in [3.63, 3.8) is 0 Å². The zero-order valence-electron chi connectivity index (χ0n) is 11.1. The highest BCUT2D eigenvalue weighted by molar-refractivity contribution is 5.91. The Balaban J connectivity index is 2.20. The summed E-state index contributed by atoms with van der Waals surface area (Å²) >= 11 is 0. The molecule has 0 aromatic heterocycles. The Labute approximate surface area is 109 Å². The van der Waals surface area contributed by atoms with E-state index in [-0.39, 0.29) is 11.8 Å². The number of allylic oxidation sites excluding steroid dienone is 3. The van der Waals surface area contributed by atoms with E-state index >= 15 is 0 Å². The van der Waals surface area contributed by atoms with Crippen molar-refractivity contribution in [2.45, 2.75) is 58.3 Å². The molecule has 0 heterocycles. The zero-order chi connectivity index (χ0) is 13.2. The number of esters is 1. The maximum Gasteiger partial charge on any atom is 0.335 e. The lowest BCUT2D eigenvalue weighted by molar-refractivity contribution is -0.134. The van der Waals surface area contributed by atoms with Crippen LogP contribution in [0.15, 0.2) is 24.0 Å². The summed E-state index contributed by atoms with van der Waals surface area (Å²) in [4.78, 5) is 22.6. The van der Waals surface area contributed by atoms with Crippen LogP contribution in [0.25, 0.3) is 0 Å². The third-order valence-electron chi connectivity index (χ3n) is 2.88. The molecule has 0 amide bonds. The topological polar surface area (TPSA) is 43.4 Å². The van der Waals surface area contributed by atoms with Crippen molar-refractivity contribution in [1.82, 2.24) is 0 Å². The molecule has 0 aliphatic heterocycles. The van der Waals surface area contributed by atoms with Crippen LogP contribution in [0, 0.1) is 0 Å². The molecule has 1 rings (SSSR count). The van der Waals surface area contributed by atoms with E-state index in [1.807, 2.05) is 6.08 Å². The van der Waals surface area contributed by atoms with Gasteiger partial charge in [-0.25, -0.2) is 4.79 Å². The lowest BCUT2D eigenvalue weighted by Crippen LogP contribution is -2.08. The average Bonchev–Trinajstić information content (AvgIpc) is 2.33. The summed E-state index contributed by atoms with van der Waals surface area (Å²) in [6.07, 6.45) is 12.5. The van der Waals surface area contributed by atoms with E-state index in [9.17, 15) is 9.59 Å². The van der Waals surface area contributed by atoms with Gasteiger partial charge in [0.25, 0.3) is 0 Å².